The maximum Gasteiger partial charge on any atom is 0.219 e. The van der Waals surface area contributed by atoms with Crippen LogP contribution in [0.25, 0.3) is 0 Å². The molecule has 0 aliphatic carbocycles. The highest BCUT2D eigenvalue weighted by molar-refractivity contribution is 5.73. The van der Waals surface area contributed by atoms with E-state index in [2.05, 4.69) is 10.2 Å². The number of hydrogen-bond donors (Lipinski definition) is 1. The van der Waals surface area contributed by atoms with Crippen molar-refractivity contribution in [1.29, 1.82) is 0 Å². The van der Waals surface area contributed by atoms with E-state index in [4.69, 9.17) is 0 Å². The second-order valence-corrected chi connectivity index (χ2v) is 7.11. The Morgan fingerprint density at radius 1 is 1.17 bits per heavy atom. The molecule has 0 spiro atoms. The van der Waals surface area contributed by atoms with Crippen molar-refractivity contribution in [2.75, 3.05) is 26.2 Å². The fourth-order valence-electron chi connectivity index (χ4n) is 3.90. The molecule has 1 amide bonds. The van der Waals surface area contributed by atoms with E-state index in [0.29, 0.717) is 18.6 Å². The Bertz CT molecular complexity index is 557. The monoisotopic (exact) mass is 333 g/mol. The molecular formula is C19H28FN3O. The number of nitrogens with zero attached hydrogens (tertiary/aromatic N) is 2. The molecule has 0 aromatic heterocycles. The maximum atomic E-state index is 13.8. The highest BCUT2D eigenvalue weighted by Crippen LogP contribution is 2.18. The standard InChI is InChI=1S/C19H28FN3O/c1-15(24)23-11-8-17(9-12-23)21-18-6-4-10-22(14-18)13-16-5-2-3-7-19(16)20/h2-3,5,7,17-18,21H,4,6,8-14H2,1H3. The topological polar surface area (TPSA) is 35.6 Å². The molecule has 2 aliphatic heterocycles. The van der Waals surface area contributed by atoms with Crippen LogP contribution in [-0.4, -0.2) is 54.0 Å². The van der Waals surface area contributed by atoms with E-state index in [1.54, 1.807) is 13.0 Å². The molecule has 24 heavy (non-hydrogen) atoms. The van der Waals surface area contributed by atoms with Crippen LogP contribution in [0, 0.1) is 5.82 Å². The highest BCUT2D eigenvalue weighted by Gasteiger charge is 2.26. The molecule has 1 aromatic carbocycles. The molecule has 1 atom stereocenters. The molecule has 1 unspecified atom stereocenters. The number of piperidine rings is 2. The zero-order valence-corrected chi connectivity index (χ0v) is 14.5. The Morgan fingerprint density at radius 3 is 2.62 bits per heavy atom. The van der Waals surface area contributed by atoms with Gasteiger partial charge in [-0.3, -0.25) is 9.69 Å². The van der Waals surface area contributed by atoms with Crippen LogP contribution in [0.1, 0.15) is 38.2 Å². The molecule has 0 saturated carbocycles. The number of rotatable bonds is 4. The minimum atomic E-state index is -0.107. The van der Waals surface area contributed by atoms with Crippen molar-refractivity contribution in [2.45, 2.75) is 51.2 Å². The number of carbonyl (C=O) groups excluding carboxylic acids is 1. The fourth-order valence-corrected chi connectivity index (χ4v) is 3.90. The van der Waals surface area contributed by atoms with E-state index in [-0.39, 0.29) is 11.7 Å². The van der Waals surface area contributed by atoms with Crippen LogP contribution in [0.5, 0.6) is 0 Å². The summed E-state index contributed by atoms with van der Waals surface area (Å²) < 4.78 is 13.8. The number of likely N-dealkylation sites (tertiary alicyclic amines) is 2. The van der Waals surface area contributed by atoms with Gasteiger partial charge in [0.05, 0.1) is 0 Å². The molecule has 2 fully saturated rings. The SMILES string of the molecule is CC(=O)N1CCC(NC2CCCN(Cc3ccccc3F)C2)CC1. The van der Waals surface area contributed by atoms with Gasteiger partial charge in [-0.2, -0.15) is 0 Å². The van der Waals surface area contributed by atoms with Crippen molar-refractivity contribution in [2.24, 2.45) is 0 Å². The Balaban J connectivity index is 1.48. The quantitative estimate of drug-likeness (QED) is 0.919. The van der Waals surface area contributed by atoms with Gasteiger partial charge in [-0.1, -0.05) is 18.2 Å². The van der Waals surface area contributed by atoms with Crippen LogP contribution in [0.15, 0.2) is 24.3 Å². The third kappa shape index (κ3) is 4.54. The summed E-state index contributed by atoms with van der Waals surface area (Å²) in [6, 6.07) is 8.04. The van der Waals surface area contributed by atoms with Gasteiger partial charge in [0.1, 0.15) is 5.82 Å². The zero-order valence-electron chi connectivity index (χ0n) is 14.5. The van der Waals surface area contributed by atoms with Crippen molar-refractivity contribution in [3.8, 4) is 0 Å². The molecule has 4 nitrogen and oxygen atoms in total. The first-order valence-electron chi connectivity index (χ1n) is 9.09. The number of carbonyl (C=O) groups is 1. The Labute approximate surface area is 144 Å². The molecule has 0 radical (unpaired) electrons. The molecular weight excluding hydrogens is 305 g/mol. The van der Waals surface area contributed by atoms with Crippen molar-refractivity contribution >= 4 is 5.91 Å². The van der Waals surface area contributed by atoms with Crippen LogP contribution in [-0.2, 0) is 11.3 Å². The predicted molar refractivity (Wildman–Crippen MR) is 93.1 cm³/mol. The largest absolute Gasteiger partial charge is 0.343 e. The molecule has 2 saturated heterocycles. The number of halogens is 1. The van der Waals surface area contributed by atoms with Crippen LogP contribution in [0.2, 0.25) is 0 Å². The lowest BCUT2D eigenvalue weighted by Crippen LogP contribution is -2.52. The number of benzene rings is 1. The van der Waals surface area contributed by atoms with Crippen LogP contribution in [0.4, 0.5) is 4.39 Å². The Kier molecular flexibility index (Phi) is 5.85. The normalized spacial score (nSPS) is 23.4. The lowest BCUT2D eigenvalue weighted by Gasteiger charge is -2.38. The summed E-state index contributed by atoms with van der Waals surface area (Å²) >= 11 is 0. The van der Waals surface area contributed by atoms with Gasteiger partial charge >= 0.3 is 0 Å². The van der Waals surface area contributed by atoms with Gasteiger partial charge in [0.2, 0.25) is 5.91 Å². The highest BCUT2D eigenvalue weighted by atomic mass is 19.1. The first kappa shape index (κ1) is 17.4. The molecule has 5 heteroatoms. The van der Waals surface area contributed by atoms with Gasteiger partial charge in [-0.15, -0.1) is 0 Å². The molecule has 3 rings (SSSR count). The summed E-state index contributed by atoms with van der Waals surface area (Å²) in [5.74, 6) is 0.0753. The average Bonchev–Trinajstić information content (AvgIpc) is 2.58. The van der Waals surface area contributed by atoms with Gasteiger partial charge in [0.15, 0.2) is 0 Å². The van der Waals surface area contributed by atoms with Gasteiger partial charge in [0.25, 0.3) is 0 Å². The lowest BCUT2D eigenvalue weighted by molar-refractivity contribution is -0.129. The van der Waals surface area contributed by atoms with Crippen molar-refractivity contribution in [1.82, 2.24) is 15.1 Å². The average molecular weight is 333 g/mol. The van der Waals surface area contributed by atoms with Gasteiger partial charge in [-0.25, -0.2) is 4.39 Å². The number of amides is 1. The zero-order chi connectivity index (χ0) is 16.9. The molecule has 132 valence electrons. The van der Waals surface area contributed by atoms with E-state index in [0.717, 1.165) is 51.0 Å². The van der Waals surface area contributed by atoms with E-state index < -0.39 is 0 Å². The molecule has 2 aliphatic rings. The Hall–Kier alpha value is -1.46. The minimum absolute atomic E-state index is 0.107. The summed E-state index contributed by atoms with van der Waals surface area (Å²) in [5, 5.41) is 3.77. The molecule has 1 N–H and O–H groups in total. The second kappa shape index (κ2) is 8.08. The van der Waals surface area contributed by atoms with Crippen molar-refractivity contribution < 1.29 is 9.18 Å². The van der Waals surface area contributed by atoms with Gasteiger partial charge in [-0.05, 0) is 38.3 Å². The van der Waals surface area contributed by atoms with Crippen LogP contribution < -0.4 is 5.32 Å². The van der Waals surface area contributed by atoms with E-state index in [9.17, 15) is 9.18 Å². The van der Waals surface area contributed by atoms with E-state index >= 15 is 0 Å². The third-order valence-electron chi connectivity index (χ3n) is 5.27. The number of hydrogen-bond acceptors (Lipinski definition) is 3. The molecule has 1 aromatic rings. The van der Waals surface area contributed by atoms with Crippen LogP contribution in [0.3, 0.4) is 0 Å². The van der Waals surface area contributed by atoms with Gasteiger partial charge in [0, 0.05) is 50.7 Å². The van der Waals surface area contributed by atoms with Crippen molar-refractivity contribution in [3.63, 3.8) is 0 Å². The summed E-state index contributed by atoms with van der Waals surface area (Å²) in [7, 11) is 0. The molecule has 0 bridgehead atoms. The predicted octanol–water partition coefficient (Wildman–Crippen LogP) is 2.39. The lowest BCUT2D eigenvalue weighted by atomic mass is 9.99. The summed E-state index contributed by atoms with van der Waals surface area (Å²) in [5.41, 5.74) is 0.785. The second-order valence-electron chi connectivity index (χ2n) is 7.11. The smallest absolute Gasteiger partial charge is 0.219 e. The Morgan fingerprint density at radius 2 is 1.92 bits per heavy atom. The van der Waals surface area contributed by atoms with Gasteiger partial charge < -0.3 is 10.2 Å². The summed E-state index contributed by atoms with van der Waals surface area (Å²) in [6.45, 7) is 6.07. The first-order chi connectivity index (χ1) is 11.6. The maximum absolute atomic E-state index is 13.8. The molecule has 2 heterocycles. The fraction of sp³-hybridized carbons (Fsp3) is 0.632. The number of nitrogens with one attached hydrogen (secondary N) is 1. The summed E-state index contributed by atoms with van der Waals surface area (Å²) in [4.78, 5) is 15.7. The summed E-state index contributed by atoms with van der Waals surface area (Å²) in [6.07, 6.45) is 4.39. The van der Waals surface area contributed by atoms with Crippen LogP contribution >= 0.6 is 0 Å². The van der Waals surface area contributed by atoms with E-state index in [1.807, 2.05) is 17.0 Å². The minimum Gasteiger partial charge on any atom is -0.343 e. The first-order valence-corrected chi connectivity index (χ1v) is 9.09. The van der Waals surface area contributed by atoms with E-state index in [1.165, 1.54) is 12.5 Å². The van der Waals surface area contributed by atoms with Crippen molar-refractivity contribution in [3.05, 3.63) is 35.6 Å². The third-order valence-corrected chi connectivity index (χ3v) is 5.27.